The van der Waals surface area contributed by atoms with Gasteiger partial charge in [-0.1, -0.05) is 6.07 Å². The van der Waals surface area contributed by atoms with E-state index in [-0.39, 0.29) is 0 Å². The van der Waals surface area contributed by atoms with Crippen LogP contribution in [0.3, 0.4) is 0 Å². The van der Waals surface area contributed by atoms with E-state index in [1.54, 1.807) is 0 Å². The monoisotopic (exact) mass is 462 g/mol. The normalized spacial score (nSPS) is 11.8. The molecule has 0 radical (unpaired) electrons. The first-order valence-corrected chi connectivity index (χ1v) is 9.74. The molecule has 0 aliphatic carbocycles. The first-order valence-electron chi connectivity index (χ1n) is 5.27. The molecule has 0 heterocycles. The van der Waals surface area contributed by atoms with Crippen molar-refractivity contribution in [3.8, 4) is 0 Å². The summed E-state index contributed by atoms with van der Waals surface area (Å²) in [6, 6.07) is 6.43. The van der Waals surface area contributed by atoms with Gasteiger partial charge in [-0.15, -0.1) is 0 Å². The summed E-state index contributed by atoms with van der Waals surface area (Å²) in [5.41, 5.74) is 0. The molecule has 0 aromatic heterocycles. The molecule has 16 heavy (non-hydrogen) atoms. The molecule has 1 aromatic carbocycles. The highest BCUT2D eigenvalue weighted by molar-refractivity contribution is 14.1. The van der Waals surface area contributed by atoms with Gasteiger partial charge in [0, 0.05) is 20.4 Å². The summed E-state index contributed by atoms with van der Waals surface area (Å²) >= 11 is 4.69. The fourth-order valence-corrected chi connectivity index (χ4v) is 4.99. The molecule has 0 N–H and O–H groups in total. The molecule has 0 spiro atoms. The molecule has 90 valence electrons. The van der Waals surface area contributed by atoms with Gasteiger partial charge in [0.15, 0.2) is 0 Å². The van der Waals surface area contributed by atoms with Crippen LogP contribution in [0.4, 0.5) is 0 Å². The van der Waals surface area contributed by atoms with E-state index in [1.807, 2.05) is 13.8 Å². The zero-order valence-electron chi connectivity index (χ0n) is 9.72. The number of benzene rings is 1. The van der Waals surface area contributed by atoms with Crippen molar-refractivity contribution in [2.45, 2.75) is 20.4 Å². The van der Waals surface area contributed by atoms with E-state index >= 15 is 0 Å². The second kappa shape index (κ2) is 6.67. The van der Waals surface area contributed by atoms with Crippen LogP contribution in [0.1, 0.15) is 13.8 Å². The van der Waals surface area contributed by atoms with Crippen LogP contribution in [0.25, 0.3) is 0 Å². The zero-order valence-corrected chi connectivity index (χ0v) is 15.0. The van der Waals surface area contributed by atoms with Crippen molar-refractivity contribution in [1.82, 2.24) is 0 Å². The molecule has 2 nitrogen and oxygen atoms in total. The number of halogens is 2. The molecule has 0 saturated carbocycles. The maximum atomic E-state index is 5.86. The van der Waals surface area contributed by atoms with Gasteiger partial charge in [-0.25, -0.2) is 0 Å². The minimum Gasteiger partial charge on any atom is -0.391 e. The number of hydrogen-bond acceptors (Lipinski definition) is 2. The Kier molecular flexibility index (Phi) is 6.20. The summed E-state index contributed by atoms with van der Waals surface area (Å²) in [5.74, 6) is 0. The molecule has 5 heteroatoms. The van der Waals surface area contributed by atoms with Crippen molar-refractivity contribution in [2.75, 3.05) is 13.2 Å². The van der Waals surface area contributed by atoms with E-state index in [0.717, 1.165) is 0 Å². The highest BCUT2D eigenvalue weighted by Crippen LogP contribution is 2.16. The first-order chi connectivity index (χ1) is 7.53. The highest BCUT2D eigenvalue weighted by atomic mass is 127. The van der Waals surface area contributed by atoms with Gasteiger partial charge in [0.05, 0.1) is 0 Å². The highest BCUT2D eigenvalue weighted by Gasteiger charge is 2.33. The summed E-state index contributed by atoms with van der Waals surface area (Å²) in [6.45, 7) is 7.54. The second-order valence-electron chi connectivity index (χ2n) is 3.44. The molecule has 0 aliphatic rings. The van der Waals surface area contributed by atoms with Crippen LogP contribution in [-0.2, 0) is 8.85 Å². The quantitative estimate of drug-likeness (QED) is 0.495. The van der Waals surface area contributed by atoms with Crippen LogP contribution in [0, 0.1) is 7.14 Å². The lowest BCUT2D eigenvalue weighted by atomic mass is 10.4. The average Bonchev–Trinajstić information content (AvgIpc) is 2.22. The van der Waals surface area contributed by atoms with Crippen molar-refractivity contribution < 1.29 is 8.85 Å². The second-order valence-corrected chi connectivity index (χ2v) is 8.81. The minimum atomic E-state index is -2.19. The zero-order chi connectivity index (χ0) is 12.2. The van der Waals surface area contributed by atoms with E-state index < -0.39 is 8.56 Å². The van der Waals surface area contributed by atoms with Crippen molar-refractivity contribution in [1.29, 1.82) is 0 Å². The number of rotatable bonds is 5. The van der Waals surface area contributed by atoms with Crippen molar-refractivity contribution in [2.24, 2.45) is 0 Å². The maximum absolute atomic E-state index is 5.86. The van der Waals surface area contributed by atoms with Crippen molar-refractivity contribution in [3.05, 3.63) is 25.3 Å². The molecule has 0 saturated heterocycles. The van der Waals surface area contributed by atoms with Crippen LogP contribution < -0.4 is 5.19 Å². The van der Waals surface area contributed by atoms with Gasteiger partial charge in [0.1, 0.15) is 0 Å². The Labute approximate surface area is 126 Å². The summed E-state index contributed by atoms with van der Waals surface area (Å²) in [7, 11) is -2.19. The van der Waals surface area contributed by atoms with Crippen LogP contribution in [0.5, 0.6) is 0 Å². The summed E-state index contributed by atoms with van der Waals surface area (Å²) < 4.78 is 14.3. The van der Waals surface area contributed by atoms with E-state index in [0.29, 0.717) is 13.2 Å². The fraction of sp³-hybridized carbons (Fsp3) is 0.455. The predicted octanol–water partition coefficient (Wildman–Crippen LogP) is 3.25. The standard InChI is InChI=1S/C11H16I2O2Si/c1-4-14-16(3,15-5-2)9-6-7-10(12)11(13)8-9/h6-8H,4-5H2,1-3H3. The molecule has 0 fully saturated rings. The predicted molar refractivity (Wildman–Crippen MR) is 86.4 cm³/mol. The average molecular weight is 462 g/mol. The third-order valence-corrected chi connectivity index (χ3v) is 8.19. The van der Waals surface area contributed by atoms with Gasteiger partial charge in [-0.05, 0) is 82.9 Å². The van der Waals surface area contributed by atoms with Gasteiger partial charge < -0.3 is 8.85 Å². The van der Waals surface area contributed by atoms with Crippen LogP contribution in [0.15, 0.2) is 18.2 Å². The van der Waals surface area contributed by atoms with Crippen LogP contribution in [-0.4, -0.2) is 21.8 Å². The largest absolute Gasteiger partial charge is 0.391 e. The van der Waals surface area contributed by atoms with E-state index in [2.05, 4.69) is 69.9 Å². The van der Waals surface area contributed by atoms with Gasteiger partial charge in [0.2, 0.25) is 0 Å². The Morgan fingerprint density at radius 2 is 1.62 bits per heavy atom. The van der Waals surface area contributed by atoms with Crippen LogP contribution >= 0.6 is 45.2 Å². The molecule has 0 unspecified atom stereocenters. The summed E-state index contributed by atoms with van der Waals surface area (Å²) in [5, 5.41) is 1.21. The molecule has 1 rings (SSSR count). The molecule has 0 atom stereocenters. The fourth-order valence-electron chi connectivity index (χ4n) is 1.54. The van der Waals surface area contributed by atoms with E-state index in [4.69, 9.17) is 8.85 Å². The van der Waals surface area contributed by atoms with Gasteiger partial charge in [0.25, 0.3) is 0 Å². The number of hydrogen-bond donors (Lipinski definition) is 0. The minimum absolute atomic E-state index is 0.700. The summed E-state index contributed by atoms with van der Waals surface area (Å²) in [6.07, 6.45) is 0. The third kappa shape index (κ3) is 3.66. The lowest BCUT2D eigenvalue weighted by Crippen LogP contribution is -2.51. The van der Waals surface area contributed by atoms with Gasteiger partial charge in [-0.2, -0.15) is 0 Å². The lowest BCUT2D eigenvalue weighted by molar-refractivity contribution is 0.202. The van der Waals surface area contributed by atoms with Crippen LogP contribution in [0.2, 0.25) is 6.55 Å². The Bertz CT molecular complexity index is 352. The Hall–Kier alpha value is 0.817. The topological polar surface area (TPSA) is 18.5 Å². The Morgan fingerprint density at radius 3 is 2.06 bits per heavy atom. The molecule has 0 amide bonds. The smallest absolute Gasteiger partial charge is 0.369 e. The van der Waals surface area contributed by atoms with Gasteiger partial charge in [-0.3, -0.25) is 0 Å². The first kappa shape index (κ1) is 14.9. The molecule has 0 bridgehead atoms. The van der Waals surface area contributed by atoms with E-state index in [1.165, 1.54) is 12.3 Å². The molecular formula is C11H16I2O2Si. The van der Waals surface area contributed by atoms with Crippen molar-refractivity contribution in [3.63, 3.8) is 0 Å². The molecule has 1 aromatic rings. The molecule has 0 aliphatic heterocycles. The Morgan fingerprint density at radius 1 is 1.06 bits per heavy atom. The third-order valence-electron chi connectivity index (χ3n) is 2.28. The SMILES string of the molecule is CCO[Si](C)(OCC)c1ccc(I)c(I)c1. The lowest BCUT2D eigenvalue weighted by Gasteiger charge is -2.26. The molecular weight excluding hydrogens is 446 g/mol. The summed E-state index contributed by atoms with van der Waals surface area (Å²) in [4.78, 5) is 0. The van der Waals surface area contributed by atoms with Crippen molar-refractivity contribution >= 4 is 58.9 Å². The van der Waals surface area contributed by atoms with Gasteiger partial charge >= 0.3 is 8.56 Å². The van der Waals surface area contributed by atoms with E-state index in [9.17, 15) is 0 Å². The Balaban J connectivity index is 3.05. The maximum Gasteiger partial charge on any atom is 0.369 e.